The minimum atomic E-state index is 0.326. The van der Waals surface area contributed by atoms with Crippen molar-refractivity contribution in [3.05, 3.63) is 60.6 Å². The Labute approximate surface area is 181 Å². The fraction of sp³-hybridized carbons (Fsp3) is 0.409. The minimum Gasteiger partial charge on any atom is -0.377 e. The van der Waals surface area contributed by atoms with Gasteiger partial charge in [0.15, 0.2) is 5.16 Å². The maximum Gasteiger partial charge on any atom is 0.191 e. The van der Waals surface area contributed by atoms with Crippen LogP contribution in [0.15, 0.2) is 54.3 Å². The molecule has 1 saturated heterocycles. The molecule has 3 heterocycles. The Kier molecular flexibility index (Phi) is 6.99. The van der Waals surface area contributed by atoms with Gasteiger partial charge in [0.2, 0.25) is 0 Å². The molecule has 1 aliphatic rings. The number of allylic oxidation sites excluding steroid dienone is 1. The van der Waals surface area contributed by atoms with Gasteiger partial charge in [-0.25, -0.2) is 0 Å². The number of hydrogen-bond donors (Lipinski definition) is 1. The van der Waals surface area contributed by atoms with Crippen molar-refractivity contribution in [1.29, 1.82) is 0 Å². The van der Waals surface area contributed by atoms with Crippen molar-refractivity contribution in [2.75, 3.05) is 19.4 Å². The molecule has 2 aromatic heterocycles. The van der Waals surface area contributed by atoms with E-state index < -0.39 is 0 Å². The maximum absolute atomic E-state index is 5.74. The topological polar surface area (TPSA) is 71.9 Å². The predicted octanol–water partition coefficient (Wildman–Crippen LogP) is 3.76. The molecular formula is C22H28N6OS. The van der Waals surface area contributed by atoms with E-state index in [1.165, 1.54) is 0 Å². The number of nitrogens with one attached hydrogen (secondary N) is 1. The molecule has 0 bridgehead atoms. The van der Waals surface area contributed by atoms with Gasteiger partial charge in [-0.1, -0.05) is 48.2 Å². The smallest absolute Gasteiger partial charge is 0.191 e. The summed E-state index contributed by atoms with van der Waals surface area (Å²) >= 11 is 1.72. The van der Waals surface area contributed by atoms with E-state index in [0.717, 1.165) is 59.5 Å². The summed E-state index contributed by atoms with van der Waals surface area (Å²) in [7, 11) is 2.09. The van der Waals surface area contributed by atoms with E-state index in [1.807, 2.05) is 30.5 Å². The molecule has 3 aromatic rings. The van der Waals surface area contributed by atoms with Crippen LogP contribution in [0.1, 0.15) is 24.2 Å². The van der Waals surface area contributed by atoms with Crippen LogP contribution in [0.5, 0.6) is 0 Å². The predicted molar refractivity (Wildman–Crippen MR) is 119 cm³/mol. The van der Waals surface area contributed by atoms with E-state index in [-0.39, 0.29) is 0 Å². The van der Waals surface area contributed by atoms with E-state index in [9.17, 15) is 0 Å². The molecule has 1 N–H and O–H groups in total. The van der Waals surface area contributed by atoms with E-state index in [4.69, 9.17) is 4.74 Å². The second-order valence-electron chi connectivity index (χ2n) is 7.55. The number of thioether (sulfide) groups is 1. The van der Waals surface area contributed by atoms with Crippen molar-refractivity contribution in [3.63, 3.8) is 0 Å². The molecule has 4 rings (SSSR count). The van der Waals surface area contributed by atoms with Crippen LogP contribution in [0, 0.1) is 0 Å². The van der Waals surface area contributed by atoms with Crippen LogP contribution < -0.4 is 0 Å². The van der Waals surface area contributed by atoms with Gasteiger partial charge in [0.1, 0.15) is 5.82 Å². The molecule has 1 fully saturated rings. The summed E-state index contributed by atoms with van der Waals surface area (Å²) in [4.78, 5) is 2.23. The molecule has 1 unspecified atom stereocenters. The maximum atomic E-state index is 5.74. The van der Waals surface area contributed by atoms with Crippen molar-refractivity contribution in [3.8, 4) is 11.3 Å². The quantitative estimate of drug-likeness (QED) is 0.395. The third-order valence-electron chi connectivity index (χ3n) is 5.16. The Bertz CT molecular complexity index is 948. The highest BCUT2D eigenvalue weighted by atomic mass is 32.2. The van der Waals surface area contributed by atoms with Gasteiger partial charge in [-0.3, -0.25) is 10.00 Å². The lowest BCUT2D eigenvalue weighted by molar-refractivity contribution is 0.129. The second-order valence-corrected chi connectivity index (χ2v) is 8.54. The first-order valence-corrected chi connectivity index (χ1v) is 11.3. The summed E-state index contributed by atoms with van der Waals surface area (Å²) in [5, 5.41) is 17.2. The molecule has 7 nitrogen and oxygen atoms in total. The Morgan fingerprint density at radius 1 is 1.30 bits per heavy atom. The van der Waals surface area contributed by atoms with Gasteiger partial charge in [-0.15, -0.1) is 16.8 Å². The highest BCUT2D eigenvalue weighted by Crippen LogP contribution is 2.25. The Balaban J connectivity index is 1.42. The zero-order valence-corrected chi connectivity index (χ0v) is 18.1. The number of benzene rings is 1. The number of aromatic amines is 1. The highest BCUT2D eigenvalue weighted by molar-refractivity contribution is 7.99. The second kappa shape index (κ2) is 10.1. The largest absolute Gasteiger partial charge is 0.377 e. The molecule has 0 saturated carbocycles. The van der Waals surface area contributed by atoms with Crippen molar-refractivity contribution < 1.29 is 4.74 Å². The summed E-state index contributed by atoms with van der Waals surface area (Å²) in [5.41, 5.74) is 3.36. The van der Waals surface area contributed by atoms with Gasteiger partial charge in [0, 0.05) is 31.0 Å². The number of H-pyrrole nitrogens is 1. The third kappa shape index (κ3) is 5.00. The lowest BCUT2D eigenvalue weighted by Gasteiger charge is -2.17. The van der Waals surface area contributed by atoms with E-state index in [2.05, 4.69) is 55.6 Å². The van der Waals surface area contributed by atoms with E-state index >= 15 is 0 Å². The number of nitrogens with zero attached hydrogens (tertiary/aromatic N) is 5. The van der Waals surface area contributed by atoms with Crippen LogP contribution in [-0.4, -0.2) is 55.4 Å². The van der Waals surface area contributed by atoms with Gasteiger partial charge in [0.05, 0.1) is 24.5 Å². The van der Waals surface area contributed by atoms with E-state index in [1.54, 1.807) is 11.8 Å². The molecule has 1 aromatic carbocycles. The van der Waals surface area contributed by atoms with Crippen LogP contribution in [0.4, 0.5) is 0 Å². The molecular weight excluding hydrogens is 396 g/mol. The molecule has 158 valence electrons. The summed E-state index contributed by atoms with van der Waals surface area (Å²) in [6.45, 7) is 6.94. The number of rotatable bonds is 10. The van der Waals surface area contributed by atoms with Gasteiger partial charge in [-0.2, -0.15) is 5.10 Å². The first kappa shape index (κ1) is 20.8. The van der Waals surface area contributed by atoms with Gasteiger partial charge in [-0.05, 0) is 25.5 Å². The number of ether oxygens (including phenoxy) is 1. The average Bonchev–Trinajstić information content (AvgIpc) is 3.50. The van der Waals surface area contributed by atoms with Crippen molar-refractivity contribution in [2.45, 2.75) is 43.7 Å². The lowest BCUT2D eigenvalue weighted by Crippen LogP contribution is -2.20. The zero-order valence-electron chi connectivity index (χ0n) is 17.3. The monoisotopic (exact) mass is 424 g/mol. The fourth-order valence-electron chi connectivity index (χ4n) is 3.67. The van der Waals surface area contributed by atoms with Crippen LogP contribution in [0.25, 0.3) is 11.3 Å². The molecule has 1 aliphatic heterocycles. The van der Waals surface area contributed by atoms with E-state index in [0.29, 0.717) is 19.2 Å². The van der Waals surface area contributed by atoms with Crippen molar-refractivity contribution in [2.24, 2.45) is 0 Å². The Morgan fingerprint density at radius 2 is 2.17 bits per heavy atom. The molecule has 8 heteroatoms. The first-order chi connectivity index (χ1) is 14.7. The molecule has 30 heavy (non-hydrogen) atoms. The Hall–Kier alpha value is -2.42. The summed E-state index contributed by atoms with van der Waals surface area (Å²) in [5.74, 6) is 1.86. The normalized spacial score (nSPS) is 16.4. The molecule has 1 atom stereocenters. The minimum absolute atomic E-state index is 0.326. The van der Waals surface area contributed by atoms with Crippen molar-refractivity contribution in [1.82, 2.24) is 29.9 Å². The standard InChI is InChI=1S/C22H28N6OS/c1-3-11-28-20(24-26-22(28)30-16-19-10-7-12-29-19)15-27(2)14-18-13-23-25-21(18)17-8-5-4-6-9-17/h3-6,8-9,13,19H,1,7,10-12,14-16H2,2H3,(H,23,25). The number of aromatic nitrogens is 5. The van der Waals surface area contributed by atoms with Gasteiger partial charge >= 0.3 is 0 Å². The fourth-order valence-corrected chi connectivity index (χ4v) is 4.70. The lowest BCUT2D eigenvalue weighted by atomic mass is 10.1. The van der Waals surface area contributed by atoms with Gasteiger partial charge < -0.3 is 9.30 Å². The van der Waals surface area contributed by atoms with Gasteiger partial charge in [0.25, 0.3) is 0 Å². The molecule has 0 amide bonds. The number of hydrogen-bond acceptors (Lipinski definition) is 6. The first-order valence-electron chi connectivity index (χ1n) is 10.3. The Morgan fingerprint density at radius 3 is 2.93 bits per heavy atom. The third-order valence-corrected chi connectivity index (χ3v) is 6.26. The SMILES string of the molecule is C=CCn1c(CN(C)Cc2cn[nH]c2-c2ccccc2)nnc1SCC1CCCO1. The summed E-state index contributed by atoms with van der Waals surface area (Å²) in [6.07, 6.45) is 6.40. The van der Waals surface area contributed by atoms with Crippen LogP contribution >= 0.6 is 11.8 Å². The summed E-state index contributed by atoms with van der Waals surface area (Å²) in [6, 6.07) is 10.3. The average molecular weight is 425 g/mol. The molecule has 0 aliphatic carbocycles. The summed E-state index contributed by atoms with van der Waals surface area (Å²) < 4.78 is 7.89. The zero-order chi connectivity index (χ0) is 20.8. The molecule has 0 radical (unpaired) electrons. The van der Waals surface area contributed by atoms with Crippen LogP contribution in [-0.2, 0) is 24.4 Å². The molecule has 0 spiro atoms. The van der Waals surface area contributed by atoms with Crippen LogP contribution in [0.3, 0.4) is 0 Å². The van der Waals surface area contributed by atoms with Crippen LogP contribution in [0.2, 0.25) is 0 Å². The highest BCUT2D eigenvalue weighted by Gasteiger charge is 2.19. The van der Waals surface area contributed by atoms with Crippen molar-refractivity contribution >= 4 is 11.8 Å².